The van der Waals surface area contributed by atoms with E-state index in [1.807, 2.05) is 12.1 Å². The van der Waals surface area contributed by atoms with Gasteiger partial charge in [0.05, 0.1) is 19.0 Å². The van der Waals surface area contributed by atoms with Crippen LogP contribution in [0.15, 0.2) is 42.6 Å². The summed E-state index contributed by atoms with van der Waals surface area (Å²) in [6, 6.07) is 11.6. The summed E-state index contributed by atoms with van der Waals surface area (Å²) in [5, 5.41) is 5.63. The second-order valence-corrected chi connectivity index (χ2v) is 6.20. The molecular weight excluding hydrogens is 316 g/mol. The van der Waals surface area contributed by atoms with Crippen LogP contribution >= 0.6 is 0 Å². The Balaban J connectivity index is 1.49. The molecule has 1 aliphatic rings. The van der Waals surface area contributed by atoms with Crippen molar-refractivity contribution in [2.75, 3.05) is 25.5 Å². The first-order chi connectivity index (χ1) is 12.2. The maximum atomic E-state index is 12.0. The van der Waals surface area contributed by atoms with Gasteiger partial charge in [0.1, 0.15) is 0 Å². The van der Waals surface area contributed by atoms with Crippen LogP contribution in [0.2, 0.25) is 0 Å². The molecule has 0 saturated carbocycles. The third-order valence-corrected chi connectivity index (χ3v) is 4.25. The van der Waals surface area contributed by atoms with Gasteiger partial charge in [-0.1, -0.05) is 24.3 Å². The molecule has 132 valence electrons. The molecule has 25 heavy (non-hydrogen) atoms. The van der Waals surface area contributed by atoms with E-state index in [1.165, 1.54) is 31.5 Å². The fourth-order valence-electron chi connectivity index (χ4n) is 2.97. The molecule has 6 heteroatoms. The number of benzene rings is 1. The lowest BCUT2D eigenvalue weighted by molar-refractivity contribution is 0.251. The van der Waals surface area contributed by atoms with Gasteiger partial charge >= 0.3 is 6.03 Å². The molecule has 1 aromatic heterocycles. The van der Waals surface area contributed by atoms with Gasteiger partial charge in [-0.25, -0.2) is 9.78 Å². The van der Waals surface area contributed by atoms with E-state index < -0.39 is 0 Å². The van der Waals surface area contributed by atoms with Gasteiger partial charge in [-0.2, -0.15) is 0 Å². The highest BCUT2D eigenvalue weighted by atomic mass is 16.5. The molecule has 0 radical (unpaired) electrons. The predicted octanol–water partition coefficient (Wildman–Crippen LogP) is 3.01. The highest BCUT2D eigenvalue weighted by molar-refractivity contribution is 5.88. The van der Waals surface area contributed by atoms with Gasteiger partial charge in [-0.05, 0) is 43.1 Å². The minimum absolute atomic E-state index is 0.253. The molecule has 1 saturated heterocycles. The molecule has 6 nitrogen and oxygen atoms in total. The molecule has 1 aliphatic heterocycles. The fourth-order valence-corrected chi connectivity index (χ4v) is 2.97. The molecule has 2 amide bonds. The van der Waals surface area contributed by atoms with E-state index in [0.717, 1.165) is 12.1 Å². The minimum atomic E-state index is -0.253. The first-order valence-corrected chi connectivity index (χ1v) is 8.58. The van der Waals surface area contributed by atoms with Gasteiger partial charge < -0.3 is 15.4 Å². The van der Waals surface area contributed by atoms with E-state index in [4.69, 9.17) is 4.74 Å². The Bertz CT molecular complexity index is 697. The van der Waals surface area contributed by atoms with Crippen molar-refractivity contribution in [2.24, 2.45) is 0 Å². The smallest absolute Gasteiger partial charge is 0.319 e. The van der Waals surface area contributed by atoms with Crippen LogP contribution in [-0.2, 0) is 13.1 Å². The lowest BCUT2D eigenvalue weighted by atomic mass is 10.1. The number of hydrogen-bond donors (Lipinski definition) is 2. The molecule has 2 heterocycles. The van der Waals surface area contributed by atoms with Crippen molar-refractivity contribution < 1.29 is 9.53 Å². The zero-order valence-corrected chi connectivity index (χ0v) is 14.5. The van der Waals surface area contributed by atoms with Crippen molar-refractivity contribution in [1.82, 2.24) is 15.2 Å². The molecular formula is C19H24N4O2. The summed E-state index contributed by atoms with van der Waals surface area (Å²) < 4.78 is 5.00. The van der Waals surface area contributed by atoms with E-state index in [2.05, 4.69) is 32.7 Å². The summed E-state index contributed by atoms with van der Waals surface area (Å²) >= 11 is 0. The lowest BCUT2D eigenvalue weighted by Gasteiger charge is -2.15. The van der Waals surface area contributed by atoms with Gasteiger partial charge in [0.2, 0.25) is 5.88 Å². The Labute approximate surface area is 148 Å². The summed E-state index contributed by atoms with van der Waals surface area (Å²) in [5.74, 6) is 0.515. The van der Waals surface area contributed by atoms with Crippen molar-refractivity contribution in [3.05, 3.63) is 53.7 Å². The van der Waals surface area contributed by atoms with Crippen LogP contribution < -0.4 is 15.4 Å². The highest BCUT2D eigenvalue weighted by Crippen LogP contribution is 2.14. The number of carbonyl (C=O) groups excluding carboxylic acids is 1. The molecule has 2 aromatic rings. The molecule has 0 unspecified atom stereocenters. The summed E-state index contributed by atoms with van der Waals surface area (Å²) in [7, 11) is 1.56. The van der Waals surface area contributed by atoms with Gasteiger partial charge in [-0.3, -0.25) is 4.90 Å². The van der Waals surface area contributed by atoms with Gasteiger partial charge in [0.25, 0.3) is 0 Å². The predicted molar refractivity (Wildman–Crippen MR) is 97.6 cm³/mol. The van der Waals surface area contributed by atoms with Crippen LogP contribution in [0.3, 0.4) is 0 Å². The number of aromatic nitrogens is 1. The van der Waals surface area contributed by atoms with E-state index in [-0.39, 0.29) is 6.03 Å². The van der Waals surface area contributed by atoms with Crippen molar-refractivity contribution >= 4 is 11.7 Å². The number of urea groups is 1. The third-order valence-electron chi connectivity index (χ3n) is 4.25. The number of nitrogens with one attached hydrogen (secondary N) is 2. The highest BCUT2D eigenvalue weighted by Gasteiger charge is 2.11. The van der Waals surface area contributed by atoms with Crippen molar-refractivity contribution in [2.45, 2.75) is 25.9 Å². The van der Waals surface area contributed by atoms with Crippen LogP contribution in [0, 0.1) is 0 Å². The molecule has 0 bridgehead atoms. The molecule has 0 aliphatic carbocycles. The number of pyridine rings is 1. The Morgan fingerprint density at radius 3 is 2.72 bits per heavy atom. The van der Waals surface area contributed by atoms with Gasteiger partial charge in [0, 0.05) is 19.2 Å². The van der Waals surface area contributed by atoms with Gasteiger partial charge in [0.15, 0.2) is 0 Å². The number of nitrogens with zero attached hydrogens (tertiary/aromatic N) is 2. The average molecular weight is 340 g/mol. The molecule has 0 spiro atoms. The number of methoxy groups -OCH3 is 1. The van der Waals surface area contributed by atoms with Crippen molar-refractivity contribution in [3.8, 4) is 5.88 Å². The number of amides is 2. The van der Waals surface area contributed by atoms with Crippen LogP contribution in [0.5, 0.6) is 5.88 Å². The fraction of sp³-hybridized carbons (Fsp3) is 0.368. The Hall–Kier alpha value is -2.60. The third kappa shape index (κ3) is 5.19. The Morgan fingerprint density at radius 1 is 1.20 bits per heavy atom. The number of rotatable bonds is 6. The SMILES string of the molecule is COc1ccc(NC(=O)NCc2cccc(CN3CCCC3)c2)cn1. The Morgan fingerprint density at radius 2 is 2.00 bits per heavy atom. The summed E-state index contributed by atoms with van der Waals surface area (Å²) in [6.07, 6.45) is 4.15. The molecule has 3 rings (SSSR count). The molecule has 0 atom stereocenters. The van der Waals surface area contributed by atoms with Crippen LogP contribution in [-0.4, -0.2) is 36.1 Å². The summed E-state index contributed by atoms with van der Waals surface area (Å²) in [5.41, 5.74) is 3.02. The minimum Gasteiger partial charge on any atom is -0.481 e. The van der Waals surface area contributed by atoms with E-state index in [9.17, 15) is 4.79 Å². The average Bonchev–Trinajstić information content (AvgIpc) is 3.14. The lowest BCUT2D eigenvalue weighted by Crippen LogP contribution is -2.28. The van der Waals surface area contributed by atoms with Crippen LogP contribution in [0.25, 0.3) is 0 Å². The number of hydrogen-bond acceptors (Lipinski definition) is 4. The first kappa shape index (κ1) is 17.2. The second-order valence-electron chi connectivity index (χ2n) is 6.20. The number of carbonyl (C=O) groups is 1. The van der Waals surface area contributed by atoms with Crippen LogP contribution in [0.1, 0.15) is 24.0 Å². The maximum Gasteiger partial charge on any atom is 0.319 e. The van der Waals surface area contributed by atoms with Gasteiger partial charge in [-0.15, -0.1) is 0 Å². The largest absolute Gasteiger partial charge is 0.481 e. The number of likely N-dealkylation sites (tertiary alicyclic amines) is 1. The second kappa shape index (κ2) is 8.48. The number of anilines is 1. The Kier molecular flexibility index (Phi) is 5.85. The van der Waals surface area contributed by atoms with Crippen LogP contribution in [0.4, 0.5) is 10.5 Å². The first-order valence-electron chi connectivity index (χ1n) is 8.58. The number of ether oxygens (including phenoxy) is 1. The van der Waals surface area contributed by atoms with Crippen molar-refractivity contribution in [3.63, 3.8) is 0 Å². The van der Waals surface area contributed by atoms with E-state index >= 15 is 0 Å². The van der Waals surface area contributed by atoms with E-state index in [1.54, 1.807) is 25.4 Å². The maximum absolute atomic E-state index is 12.0. The van der Waals surface area contributed by atoms with Crippen molar-refractivity contribution in [1.29, 1.82) is 0 Å². The monoisotopic (exact) mass is 340 g/mol. The normalized spacial score (nSPS) is 14.3. The zero-order valence-electron chi connectivity index (χ0n) is 14.5. The van der Waals surface area contributed by atoms with E-state index in [0.29, 0.717) is 18.1 Å². The summed E-state index contributed by atoms with van der Waals surface area (Å²) in [6.45, 7) is 3.84. The standard InChI is InChI=1S/C19H24N4O2/c1-25-18-8-7-17(13-20-18)22-19(24)21-12-15-5-4-6-16(11-15)14-23-9-2-3-10-23/h4-8,11,13H,2-3,9-10,12,14H2,1H3,(H2,21,22,24). The molecule has 1 aromatic carbocycles. The molecule has 2 N–H and O–H groups in total. The topological polar surface area (TPSA) is 66.5 Å². The quantitative estimate of drug-likeness (QED) is 0.848. The summed E-state index contributed by atoms with van der Waals surface area (Å²) in [4.78, 5) is 18.5. The zero-order chi connectivity index (χ0) is 17.5. The molecule has 1 fully saturated rings.